The average Bonchev–Trinajstić information content (AvgIpc) is 2.26. The minimum Gasteiger partial charge on any atom is -0.350 e. The molecule has 0 saturated carbocycles. The van der Waals surface area contributed by atoms with Gasteiger partial charge in [0.05, 0.1) is 6.54 Å². The molecule has 1 N–H and O–H groups in total. The highest BCUT2D eigenvalue weighted by Gasteiger charge is 2.24. The van der Waals surface area contributed by atoms with Gasteiger partial charge in [-0.3, -0.25) is 14.5 Å². The van der Waals surface area contributed by atoms with Gasteiger partial charge >= 0.3 is 0 Å². The van der Waals surface area contributed by atoms with Crippen molar-refractivity contribution >= 4 is 11.8 Å². The van der Waals surface area contributed by atoms with E-state index in [0.29, 0.717) is 6.54 Å². The summed E-state index contributed by atoms with van der Waals surface area (Å²) in [5.41, 5.74) is -0.188. The monoisotopic (exact) mass is 269 g/mol. The molecule has 110 valence electrons. The second kappa shape index (κ2) is 6.37. The number of piperazine rings is 1. The first-order valence-electron chi connectivity index (χ1n) is 7.01. The molecule has 0 bridgehead atoms. The van der Waals surface area contributed by atoms with Crippen LogP contribution in [0.25, 0.3) is 0 Å². The summed E-state index contributed by atoms with van der Waals surface area (Å²) >= 11 is 0. The number of hydrogen-bond acceptors (Lipinski definition) is 3. The molecule has 0 aromatic heterocycles. The Bertz CT molecular complexity index is 326. The molecule has 1 rings (SSSR count). The summed E-state index contributed by atoms with van der Waals surface area (Å²) in [7, 11) is 0. The van der Waals surface area contributed by atoms with Crippen molar-refractivity contribution in [2.45, 2.75) is 40.2 Å². The molecule has 0 radical (unpaired) electrons. The number of carbonyl (C=O) groups is 2. The fourth-order valence-corrected chi connectivity index (χ4v) is 2.15. The first-order valence-corrected chi connectivity index (χ1v) is 7.01. The summed E-state index contributed by atoms with van der Waals surface area (Å²) in [6, 6.07) is 0. The molecule has 0 aliphatic carbocycles. The minimum absolute atomic E-state index is 0.0516. The van der Waals surface area contributed by atoms with Crippen LogP contribution in [-0.4, -0.2) is 59.9 Å². The summed E-state index contributed by atoms with van der Waals surface area (Å²) in [4.78, 5) is 27.7. The van der Waals surface area contributed by atoms with Crippen LogP contribution in [0.4, 0.5) is 0 Å². The standard InChI is InChI=1S/C14H27N3O2/c1-11(2)13(19)17-8-6-16(7-9-17)10-12(18)15-14(3,4)5/h11H,6-10H2,1-5H3,(H,15,18). The molecule has 0 aromatic rings. The molecule has 0 unspecified atom stereocenters. The van der Waals surface area contributed by atoms with E-state index in [1.165, 1.54) is 0 Å². The van der Waals surface area contributed by atoms with Crippen LogP contribution < -0.4 is 5.32 Å². The topological polar surface area (TPSA) is 52.7 Å². The maximum Gasteiger partial charge on any atom is 0.234 e. The van der Waals surface area contributed by atoms with E-state index in [2.05, 4.69) is 10.2 Å². The second-order valence-corrected chi connectivity index (χ2v) is 6.55. The Balaban J connectivity index is 2.34. The molecule has 0 aromatic carbocycles. The Morgan fingerprint density at radius 2 is 1.63 bits per heavy atom. The summed E-state index contributed by atoms with van der Waals surface area (Å²) < 4.78 is 0. The summed E-state index contributed by atoms with van der Waals surface area (Å²) in [6.07, 6.45) is 0. The van der Waals surface area contributed by atoms with E-state index in [1.54, 1.807) is 0 Å². The lowest BCUT2D eigenvalue weighted by atomic mass is 10.1. The predicted octanol–water partition coefficient (Wildman–Crippen LogP) is 0.701. The number of nitrogens with one attached hydrogen (secondary N) is 1. The van der Waals surface area contributed by atoms with Crippen molar-refractivity contribution in [2.75, 3.05) is 32.7 Å². The van der Waals surface area contributed by atoms with Crippen LogP contribution in [0.5, 0.6) is 0 Å². The third-order valence-corrected chi connectivity index (χ3v) is 3.06. The molecular weight excluding hydrogens is 242 g/mol. The first kappa shape index (κ1) is 16.0. The molecule has 5 heteroatoms. The Labute approximate surface area is 116 Å². The van der Waals surface area contributed by atoms with Crippen molar-refractivity contribution in [3.05, 3.63) is 0 Å². The van der Waals surface area contributed by atoms with Gasteiger partial charge in [-0.2, -0.15) is 0 Å². The zero-order valence-electron chi connectivity index (χ0n) is 12.8. The van der Waals surface area contributed by atoms with Crippen molar-refractivity contribution in [1.82, 2.24) is 15.1 Å². The second-order valence-electron chi connectivity index (χ2n) is 6.55. The highest BCUT2D eigenvalue weighted by molar-refractivity contribution is 5.79. The first-order chi connectivity index (χ1) is 8.69. The quantitative estimate of drug-likeness (QED) is 0.820. The molecule has 0 spiro atoms. The molecule has 1 heterocycles. The minimum atomic E-state index is -0.188. The molecule has 5 nitrogen and oxygen atoms in total. The van der Waals surface area contributed by atoms with E-state index in [0.717, 1.165) is 26.2 Å². The number of nitrogens with zero attached hydrogens (tertiary/aromatic N) is 2. The van der Waals surface area contributed by atoms with Crippen molar-refractivity contribution < 1.29 is 9.59 Å². The van der Waals surface area contributed by atoms with Crippen LogP contribution in [0.1, 0.15) is 34.6 Å². The van der Waals surface area contributed by atoms with Crippen molar-refractivity contribution in [1.29, 1.82) is 0 Å². The summed E-state index contributed by atoms with van der Waals surface area (Å²) in [5, 5.41) is 2.96. The fraction of sp³-hybridized carbons (Fsp3) is 0.857. The normalized spacial score (nSPS) is 17.7. The van der Waals surface area contributed by atoms with Crippen LogP contribution >= 0.6 is 0 Å². The molecule has 19 heavy (non-hydrogen) atoms. The lowest BCUT2D eigenvalue weighted by molar-refractivity contribution is -0.136. The van der Waals surface area contributed by atoms with Crippen molar-refractivity contribution in [3.8, 4) is 0 Å². The molecule has 1 saturated heterocycles. The van der Waals surface area contributed by atoms with Gasteiger partial charge in [0.1, 0.15) is 0 Å². The molecular formula is C14H27N3O2. The highest BCUT2D eigenvalue weighted by atomic mass is 16.2. The van der Waals surface area contributed by atoms with E-state index in [-0.39, 0.29) is 23.3 Å². The van der Waals surface area contributed by atoms with Gasteiger partial charge in [-0.05, 0) is 20.8 Å². The largest absolute Gasteiger partial charge is 0.350 e. The molecule has 1 aliphatic rings. The number of amides is 2. The third kappa shape index (κ3) is 5.59. The van der Waals surface area contributed by atoms with Gasteiger partial charge in [0.2, 0.25) is 11.8 Å². The molecule has 1 fully saturated rings. The summed E-state index contributed by atoms with van der Waals surface area (Å²) in [5.74, 6) is 0.311. The lowest BCUT2D eigenvalue weighted by Crippen LogP contribution is -2.53. The fourth-order valence-electron chi connectivity index (χ4n) is 2.15. The van der Waals surface area contributed by atoms with Gasteiger partial charge in [0.15, 0.2) is 0 Å². The highest BCUT2D eigenvalue weighted by Crippen LogP contribution is 2.07. The Morgan fingerprint density at radius 1 is 1.11 bits per heavy atom. The van der Waals surface area contributed by atoms with E-state index >= 15 is 0 Å². The zero-order valence-corrected chi connectivity index (χ0v) is 12.8. The van der Waals surface area contributed by atoms with E-state index in [1.807, 2.05) is 39.5 Å². The van der Waals surface area contributed by atoms with Gasteiger partial charge in [-0.1, -0.05) is 13.8 Å². The van der Waals surface area contributed by atoms with Crippen LogP contribution in [0.15, 0.2) is 0 Å². The lowest BCUT2D eigenvalue weighted by Gasteiger charge is -2.35. The number of hydrogen-bond donors (Lipinski definition) is 1. The van der Waals surface area contributed by atoms with Gasteiger partial charge in [-0.25, -0.2) is 0 Å². The number of rotatable bonds is 3. The Hall–Kier alpha value is -1.10. The zero-order chi connectivity index (χ0) is 14.6. The Kier molecular flexibility index (Phi) is 5.35. The van der Waals surface area contributed by atoms with Crippen LogP contribution in [0.2, 0.25) is 0 Å². The van der Waals surface area contributed by atoms with Gasteiger partial charge < -0.3 is 10.2 Å². The maximum absolute atomic E-state index is 11.8. The molecule has 2 amide bonds. The van der Waals surface area contributed by atoms with Gasteiger partial charge in [0.25, 0.3) is 0 Å². The predicted molar refractivity (Wildman–Crippen MR) is 75.8 cm³/mol. The number of carbonyl (C=O) groups excluding carboxylic acids is 2. The molecule has 1 aliphatic heterocycles. The third-order valence-electron chi connectivity index (χ3n) is 3.06. The van der Waals surface area contributed by atoms with Crippen LogP contribution in [-0.2, 0) is 9.59 Å². The van der Waals surface area contributed by atoms with Gasteiger partial charge in [0, 0.05) is 37.6 Å². The molecule has 0 atom stereocenters. The van der Waals surface area contributed by atoms with Crippen LogP contribution in [0.3, 0.4) is 0 Å². The van der Waals surface area contributed by atoms with E-state index in [9.17, 15) is 9.59 Å². The van der Waals surface area contributed by atoms with Crippen molar-refractivity contribution in [2.24, 2.45) is 5.92 Å². The van der Waals surface area contributed by atoms with Gasteiger partial charge in [-0.15, -0.1) is 0 Å². The average molecular weight is 269 g/mol. The maximum atomic E-state index is 11.8. The Morgan fingerprint density at radius 3 is 2.05 bits per heavy atom. The van der Waals surface area contributed by atoms with Crippen LogP contribution in [0, 0.1) is 5.92 Å². The van der Waals surface area contributed by atoms with Crippen molar-refractivity contribution in [3.63, 3.8) is 0 Å². The summed E-state index contributed by atoms with van der Waals surface area (Å²) in [6.45, 7) is 13.2. The van der Waals surface area contributed by atoms with E-state index in [4.69, 9.17) is 0 Å². The smallest absolute Gasteiger partial charge is 0.234 e. The van der Waals surface area contributed by atoms with E-state index < -0.39 is 0 Å². The SMILES string of the molecule is CC(C)C(=O)N1CCN(CC(=O)NC(C)(C)C)CC1.